The van der Waals surface area contributed by atoms with Crippen molar-refractivity contribution in [2.75, 3.05) is 0 Å². The summed E-state index contributed by atoms with van der Waals surface area (Å²) in [4.78, 5) is 0. The van der Waals surface area contributed by atoms with Crippen LogP contribution in [0.5, 0.6) is 0 Å². The van der Waals surface area contributed by atoms with Gasteiger partial charge in [-0.2, -0.15) is 0 Å². The van der Waals surface area contributed by atoms with Crippen LogP contribution in [-0.2, 0) is 0 Å². The summed E-state index contributed by atoms with van der Waals surface area (Å²) in [5.74, 6) is -0.276. The molecule has 0 saturated carbocycles. The topological polar surface area (TPSA) is 23.8 Å². The fourth-order valence-corrected chi connectivity index (χ4v) is 19.9. The summed E-state index contributed by atoms with van der Waals surface area (Å²) >= 11 is -2.61. The first-order valence-corrected chi connectivity index (χ1v) is 16.3. The van der Waals surface area contributed by atoms with Crippen molar-refractivity contribution >= 4 is 22.0 Å². The normalized spacial score (nSPS) is 11.4. The SMILES string of the molecule is CCC[CH2][Sn]([CH2]CCC)([CH2]CCC)[c]1ccc(F)cc1C#N. The molecule has 0 N–H and O–H groups in total. The van der Waals surface area contributed by atoms with Gasteiger partial charge in [0.15, 0.2) is 0 Å². The molecule has 0 aliphatic carbocycles. The van der Waals surface area contributed by atoms with E-state index in [-0.39, 0.29) is 5.82 Å². The second-order valence-electron chi connectivity index (χ2n) is 6.39. The molecule has 3 heteroatoms. The van der Waals surface area contributed by atoms with Gasteiger partial charge < -0.3 is 0 Å². The summed E-state index contributed by atoms with van der Waals surface area (Å²) in [5.41, 5.74) is 0.624. The van der Waals surface area contributed by atoms with Crippen LogP contribution in [0.1, 0.15) is 64.9 Å². The average molecular weight is 410 g/mol. The molecule has 122 valence electrons. The van der Waals surface area contributed by atoms with Crippen molar-refractivity contribution in [3.05, 3.63) is 29.6 Å². The molecule has 0 aromatic heterocycles. The molecular weight excluding hydrogens is 380 g/mol. The Kier molecular flexibility index (Phi) is 9.09. The van der Waals surface area contributed by atoms with E-state index in [1.54, 1.807) is 6.07 Å². The Morgan fingerprint density at radius 1 is 0.955 bits per heavy atom. The van der Waals surface area contributed by atoms with E-state index in [9.17, 15) is 9.65 Å². The van der Waals surface area contributed by atoms with E-state index in [1.165, 1.54) is 61.5 Å². The van der Waals surface area contributed by atoms with Crippen molar-refractivity contribution in [3.8, 4) is 6.07 Å². The molecule has 0 saturated heterocycles. The Morgan fingerprint density at radius 2 is 1.45 bits per heavy atom. The van der Waals surface area contributed by atoms with Gasteiger partial charge in [0.2, 0.25) is 0 Å². The van der Waals surface area contributed by atoms with Gasteiger partial charge in [-0.3, -0.25) is 0 Å². The summed E-state index contributed by atoms with van der Waals surface area (Å²) in [6.07, 6.45) is 7.39. The van der Waals surface area contributed by atoms with E-state index >= 15 is 0 Å². The zero-order valence-electron chi connectivity index (χ0n) is 14.4. The zero-order valence-corrected chi connectivity index (χ0v) is 17.3. The van der Waals surface area contributed by atoms with Gasteiger partial charge in [0.1, 0.15) is 0 Å². The molecule has 0 bridgehead atoms. The van der Waals surface area contributed by atoms with Crippen LogP contribution < -0.4 is 3.58 Å². The van der Waals surface area contributed by atoms with Crippen LogP contribution in [0.15, 0.2) is 18.2 Å². The van der Waals surface area contributed by atoms with E-state index in [0.717, 1.165) is 0 Å². The predicted octanol–water partition coefficient (Wildman–Crippen LogP) is 5.75. The van der Waals surface area contributed by atoms with Gasteiger partial charge in [-0.1, -0.05) is 0 Å². The first-order valence-electron chi connectivity index (χ1n) is 8.83. The van der Waals surface area contributed by atoms with Crippen molar-refractivity contribution in [3.63, 3.8) is 0 Å². The van der Waals surface area contributed by atoms with E-state index in [2.05, 4.69) is 26.8 Å². The van der Waals surface area contributed by atoms with Crippen LogP contribution in [0.25, 0.3) is 0 Å². The van der Waals surface area contributed by atoms with Gasteiger partial charge in [-0.25, -0.2) is 0 Å². The Morgan fingerprint density at radius 3 is 1.86 bits per heavy atom. The Hall–Kier alpha value is -0.561. The quantitative estimate of drug-likeness (QED) is 0.451. The average Bonchev–Trinajstić information content (AvgIpc) is 2.54. The molecule has 0 fully saturated rings. The number of rotatable bonds is 10. The maximum atomic E-state index is 13.6. The molecule has 0 spiro atoms. The predicted molar refractivity (Wildman–Crippen MR) is 95.6 cm³/mol. The van der Waals surface area contributed by atoms with Crippen molar-refractivity contribution < 1.29 is 4.39 Å². The number of unbranched alkanes of at least 4 members (excludes halogenated alkanes) is 3. The molecule has 0 unspecified atom stereocenters. The Labute approximate surface area is 139 Å². The van der Waals surface area contributed by atoms with Crippen molar-refractivity contribution in [2.45, 2.75) is 72.6 Å². The van der Waals surface area contributed by atoms with Gasteiger partial charge in [0, 0.05) is 0 Å². The summed E-state index contributed by atoms with van der Waals surface area (Å²) in [6, 6.07) is 7.28. The zero-order chi connectivity index (χ0) is 16.4. The summed E-state index contributed by atoms with van der Waals surface area (Å²) in [7, 11) is 0. The number of hydrogen-bond donors (Lipinski definition) is 0. The van der Waals surface area contributed by atoms with Crippen LogP contribution in [0.3, 0.4) is 0 Å². The van der Waals surface area contributed by atoms with Crippen LogP contribution in [0, 0.1) is 17.1 Å². The first kappa shape index (κ1) is 19.5. The molecule has 0 aliphatic heterocycles. The van der Waals surface area contributed by atoms with Crippen LogP contribution in [0.4, 0.5) is 4.39 Å². The number of benzene rings is 1. The van der Waals surface area contributed by atoms with Gasteiger partial charge >= 0.3 is 140 Å². The van der Waals surface area contributed by atoms with E-state index in [0.29, 0.717) is 5.56 Å². The summed E-state index contributed by atoms with van der Waals surface area (Å²) in [6.45, 7) is 6.73. The Balaban J connectivity index is 3.28. The minimum atomic E-state index is -2.61. The van der Waals surface area contributed by atoms with E-state index in [1.807, 2.05) is 6.07 Å². The second-order valence-corrected chi connectivity index (χ2v) is 19.5. The van der Waals surface area contributed by atoms with Gasteiger partial charge in [-0.05, 0) is 0 Å². The Bertz CT molecular complexity index is 471. The monoisotopic (exact) mass is 411 g/mol. The number of nitrogens with zero attached hydrogens (tertiary/aromatic N) is 1. The number of nitriles is 1. The molecule has 1 aromatic carbocycles. The van der Waals surface area contributed by atoms with Crippen molar-refractivity contribution in [1.82, 2.24) is 0 Å². The molecule has 1 rings (SSSR count). The number of halogens is 1. The third-order valence-electron chi connectivity index (χ3n) is 4.70. The van der Waals surface area contributed by atoms with E-state index in [4.69, 9.17) is 0 Å². The molecule has 1 aromatic rings. The van der Waals surface area contributed by atoms with Crippen LogP contribution in [0.2, 0.25) is 13.3 Å². The molecule has 0 heterocycles. The molecule has 0 amide bonds. The van der Waals surface area contributed by atoms with Gasteiger partial charge in [0.05, 0.1) is 0 Å². The van der Waals surface area contributed by atoms with Gasteiger partial charge in [-0.15, -0.1) is 0 Å². The molecule has 0 radical (unpaired) electrons. The van der Waals surface area contributed by atoms with E-state index < -0.39 is 18.4 Å². The van der Waals surface area contributed by atoms with Gasteiger partial charge in [0.25, 0.3) is 0 Å². The van der Waals surface area contributed by atoms with Crippen molar-refractivity contribution in [2.24, 2.45) is 0 Å². The molecule has 1 nitrogen and oxygen atoms in total. The van der Waals surface area contributed by atoms with Crippen LogP contribution in [-0.4, -0.2) is 18.4 Å². The minimum absolute atomic E-state index is 0.276. The standard InChI is InChI=1S/C7H3FN.3C4H9.Sn/c8-7-3-1-2-6(4-7)5-9;3*1-3-4-2;/h1,3-4H;3*1,3-4H2,2H3;. The molecule has 0 atom stereocenters. The first-order chi connectivity index (χ1) is 10.6. The molecule has 0 aliphatic rings. The fraction of sp³-hybridized carbons (Fsp3) is 0.632. The molecule has 22 heavy (non-hydrogen) atoms. The third kappa shape index (κ3) is 5.26. The number of hydrogen-bond acceptors (Lipinski definition) is 1. The second kappa shape index (κ2) is 10.3. The maximum absolute atomic E-state index is 13.6. The third-order valence-corrected chi connectivity index (χ3v) is 20.4. The molecular formula is C19H30FNSn. The van der Waals surface area contributed by atoms with Crippen LogP contribution >= 0.6 is 0 Å². The summed E-state index contributed by atoms with van der Waals surface area (Å²) in [5, 5.41) is 9.50. The summed E-state index contributed by atoms with van der Waals surface area (Å²) < 4.78 is 18.8. The fourth-order valence-electron chi connectivity index (χ4n) is 3.40. The van der Waals surface area contributed by atoms with Crippen molar-refractivity contribution in [1.29, 1.82) is 5.26 Å².